The van der Waals surface area contributed by atoms with Crippen LogP contribution in [-0.2, 0) is 0 Å². The van der Waals surface area contributed by atoms with E-state index in [-0.39, 0.29) is 10.2 Å². The van der Waals surface area contributed by atoms with Crippen LogP contribution in [0, 0.1) is 0 Å². The van der Waals surface area contributed by atoms with Crippen molar-refractivity contribution in [3.8, 4) is 5.75 Å². The Bertz CT molecular complexity index is 622. The van der Waals surface area contributed by atoms with E-state index in [1.54, 1.807) is 6.07 Å². The first-order chi connectivity index (χ1) is 9.33. The Hall–Kier alpha value is -1.35. The van der Waals surface area contributed by atoms with Gasteiger partial charge in [0, 0.05) is 11.8 Å². The second-order valence-electron chi connectivity index (χ2n) is 3.54. The van der Waals surface area contributed by atoms with Gasteiger partial charge >= 0.3 is 6.36 Å². The van der Waals surface area contributed by atoms with Crippen molar-refractivity contribution in [3.63, 3.8) is 0 Å². The molecule has 0 atom stereocenters. The summed E-state index contributed by atoms with van der Waals surface area (Å²) in [6.07, 6.45) is -3.38. The van der Waals surface area contributed by atoms with Crippen LogP contribution in [0.15, 0.2) is 39.7 Å². The molecule has 0 fully saturated rings. The van der Waals surface area contributed by atoms with Gasteiger partial charge in [0.25, 0.3) is 0 Å². The second kappa shape index (κ2) is 5.96. The number of benzene rings is 1. The zero-order valence-corrected chi connectivity index (χ0v) is 12.8. The number of hydrogen-bond acceptors (Lipinski definition) is 4. The molecule has 1 heterocycles. The van der Waals surface area contributed by atoms with Gasteiger partial charge in [0.15, 0.2) is 0 Å². The predicted molar refractivity (Wildman–Crippen MR) is 73.8 cm³/mol. The Morgan fingerprint density at radius 3 is 2.45 bits per heavy atom. The normalized spacial score (nSPS) is 11.2. The molecule has 1 aromatic carbocycles. The van der Waals surface area contributed by atoms with E-state index in [0.717, 1.165) is 0 Å². The van der Waals surface area contributed by atoms with Crippen LogP contribution in [-0.4, -0.2) is 16.3 Å². The van der Waals surface area contributed by atoms with Crippen LogP contribution in [0.4, 0.5) is 24.7 Å². The largest absolute Gasteiger partial charge is 0.573 e. The van der Waals surface area contributed by atoms with Gasteiger partial charge in [-0.3, -0.25) is 0 Å². The van der Waals surface area contributed by atoms with Gasteiger partial charge in [-0.2, -0.15) is 0 Å². The molecule has 0 amide bonds. The molecule has 0 aliphatic rings. The van der Waals surface area contributed by atoms with E-state index in [0.29, 0.717) is 16.1 Å². The molecule has 0 aliphatic carbocycles. The highest BCUT2D eigenvalue weighted by Gasteiger charge is 2.31. The molecule has 1 N–H and O–H groups in total. The molecular weight excluding hydrogens is 407 g/mol. The minimum absolute atomic E-state index is 0.174. The molecule has 4 nitrogen and oxygen atoms in total. The van der Waals surface area contributed by atoms with Crippen molar-refractivity contribution in [2.24, 2.45) is 0 Å². The first kappa shape index (κ1) is 15.0. The van der Waals surface area contributed by atoms with E-state index in [2.05, 4.69) is 51.9 Å². The van der Waals surface area contributed by atoms with Crippen LogP contribution >= 0.6 is 31.9 Å². The minimum Gasteiger partial charge on any atom is -0.405 e. The van der Waals surface area contributed by atoms with Crippen LogP contribution < -0.4 is 10.1 Å². The monoisotopic (exact) mass is 411 g/mol. The molecule has 0 saturated carbocycles. The highest BCUT2D eigenvalue weighted by Crippen LogP contribution is 2.33. The maximum absolute atomic E-state index is 12.1. The standard InChI is InChI=1S/C11H6Br2F3N3O/c12-7-3-6(1-2-8(7)20-11(14,15)16)19-10-4-9(13)17-5-18-10/h1-5H,(H,17,18,19). The highest BCUT2D eigenvalue weighted by molar-refractivity contribution is 9.10. The van der Waals surface area contributed by atoms with Gasteiger partial charge in [-0.1, -0.05) is 0 Å². The molecule has 0 bridgehead atoms. The lowest BCUT2D eigenvalue weighted by molar-refractivity contribution is -0.274. The topological polar surface area (TPSA) is 47.0 Å². The number of hydrogen-bond donors (Lipinski definition) is 1. The maximum Gasteiger partial charge on any atom is 0.573 e. The van der Waals surface area contributed by atoms with Gasteiger partial charge in [-0.15, -0.1) is 13.2 Å². The molecule has 2 rings (SSSR count). The van der Waals surface area contributed by atoms with Gasteiger partial charge < -0.3 is 10.1 Å². The SMILES string of the molecule is FC(F)(F)Oc1ccc(Nc2cc(Br)ncn2)cc1Br. The lowest BCUT2D eigenvalue weighted by atomic mass is 10.3. The molecule has 0 unspecified atom stereocenters. The summed E-state index contributed by atoms with van der Waals surface area (Å²) in [5.74, 6) is 0.190. The van der Waals surface area contributed by atoms with E-state index in [1.165, 1.54) is 24.5 Å². The van der Waals surface area contributed by atoms with Crippen molar-refractivity contribution in [3.05, 3.63) is 39.7 Å². The summed E-state index contributed by atoms with van der Waals surface area (Å²) in [7, 11) is 0. The maximum atomic E-state index is 12.1. The Kier molecular flexibility index (Phi) is 4.48. The molecule has 0 spiro atoms. The summed E-state index contributed by atoms with van der Waals surface area (Å²) in [6.45, 7) is 0. The smallest absolute Gasteiger partial charge is 0.405 e. The van der Waals surface area contributed by atoms with Crippen molar-refractivity contribution < 1.29 is 17.9 Å². The number of alkyl halides is 3. The molecule has 1 aromatic heterocycles. The number of nitrogens with one attached hydrogen (secondary N) is 1. The molecule has 20 heavy (non-hydrogen) atoms. The first-order valence-electron chi connectivity index (χ1n) is 5.13. The zero-order chi connectivity index (χ0) is 14.8. The quantitative estimate of drug-likeness (QED) is 0.746. The number of nitrogens with zero attached hydrogens (tertiary/aromatic N) is 2. The highest BCUT2D eigenvalue weighted by atomic mass is 79.9. The average molecular weight is 413 g/mol. The molecule has 0 saturated heterocycles. The summed E-state index contributed by atoms with van der Waals surface area (Å²) in [5, 5.41) is 2.93. The van der Waals surface area contributed by atoms with E-state index in [4.69, 9.17) is 0 Å². The predicted octanol–water partition coefficient (Wildman–Crippen LogP) is 4.64. The van der Waals surface area contributed by atoms with Crippen LogP contribution in [0.2, 0.25) is 0 Å². The van der Waals surface area contributed by atoms with Gasteiger partial charge in [-0.25, -0.2) is 9.97 Å². The minimum atomic E-state index is -4.73. The van der Waals surface area contributed by atoms with Crippen LogP contribution in [0.3, 0.4) is 0 Å². The lowest BCUT2D eigenvalue weighted by Gasteiger charge is -2.12. The molecule has 2 aromatic rings. The molecule has 106 valence electrons. The first-order valence-corrected chi connectivity index (χ1v) is 6.72. The summed E-state index contributed by atoms with van der Waals surface area (Å²) < 4.78 is 41.0. The van der Waals surface area contributed by atoms with Crippen LogP contribution in [0.1, 0.15) is 0 Å². The number of halogens is 5. The molecule has 0 radical (unpaired) electrons. The summed E-state index contributed by atoms with van der Waals surface area (Å²) >= 11 is 6.21. The van der Waals surface area contributed by atoms with Crippen molar-refractivity contribution in [2.75, 3.05) is 5.32 Å². The Labute approximate surface area is 128 Å². The number of ether oxygens (including phenoxy) is 1. The van der Waals surface area contributed by atoms with Crippen molar-refractivity contribution in [2.45, 2.75) is 6.36 Å². The fourth-order valence-electron chi connectivity index (χ4n) is 1.34. The third-order valence-corrected chi connectivity index (χ3v) is 3.12. The average Bonchev–Trinajstić information content (AvgIpc) is 2.31. The number of anilines is 2. The Morgan fingerprint density at radius 1 is 1.10 bits per heavy atom. The van der Waals surface area contributed by atoms with Gasteiger partial charge in [0.05, 0.1) is 4.47 Å². The summed E-state index contributed by atoms with van der Waals surface area (Å²) in [4.78, 5) is 7.83. The lowest BCUT2D eigenvalue weighted by Crippen LogP contribution is -2.17. The molecule has 9 heteroatoms. The van der Waals surface area contributed by atoms with Crippen molar-refractivity contribution in [1.29, 1.82) is 0 Å². The summed E-state index contributed by atoms with van der Waals surface area (Å²) in [5.41, 5.74) is 0.553. The molecule has 0 aliphatic heterocycles. The van der Waals surface area contributed by atoms with E-state index in [1.807, 2.05) is 0 Å². The van der Waals surface area contributed by atoms with Gasteiger partial charge in [0.1, 0.15) is 22.5 Å². The second-order valence-corrected chi connectivity index (χ2v) is 5.21. The Balaban J connectivity index is 2.17. The van der Waals surface area contributed by atoms with E-state index < -0.39 is 6.36 Å². The Morgan fingerprint density at radius 2 is 1.85 bits per heavy atom. The zero-order valence-electron chi connectivity index (χ0n) is 9.58. The van der Waals surface area contributed by atoms with E-state index in [9.17, 15) is 13.2 Å². The fourth-order valence-corrected chi connectivity index (χ4v) is 2.10. The third-order valence-electron chi connectivity index (χ3n) is 2.06. The number of aromatic nitrogens is 2. The summed E-state index contributed by atoms with van der Waals surface area (Å²) in [6, 6.07) is 5.74. The van der Waals surface area contributed by atoms with Gasteiger partial charge in [0.2, 0.25) is 0 Å². The van der Waals surface area contributed by atoms with Crippen molar-refractivity contribution in [1.82, 2.24) is 9.97 Å². The van der Waals surface area contributed by atoms with Crippen LogP contribution in [0.5, 0.6) is 5.75 Å². The van der Waals surface area contributed by atoms with Crippen molar-refractivity contribution >= 4 is 43.4 Å². The fraction of sp³-hybridized carbons (Fsp3) is 0.0909. The number of rotatable bonds is 3. The molecular formula is C11H6Br2F3N3O. The van der Waals surface area contributed by atoms with Crippen LogP contribution in [0.25, 0.3) is 0 Å². The van der Waals surface area contributed by atoms with Gasteiger partial charge in [-0.05, 0) is 50.1 Å². The van der Waals surface area contributed by atoms with E-state index >= 15 is 0 Å². The third kappa shape index (κ3) is 4.34.